The Kier molecular flexibility index (Phi) is 4.71. The van der Waals surface area contributed by atoms with Gasteiger partial charge in [0.15, 0.2) is 5.16 Å². The molecule has 0 atom stereocenters. The summed E-state index contributed by atoms with van der Waals surface area (Å²) in [5, 5.41) is 3.52. The van der Waals surface area contributed by atoms with E-state index in [1.807, 2.05) is 0 Å². The van der Waals surface area contributed by atoms with Crippen LogP contribution in [0.25, 0.3) is 0 Å². The Labute approximate surface area is 130 Å². The Balaban J connectivity index is 1.95. The van der Waals surface area contributed by atoms with Gasteiger partial charge in [-0.25, -0.2) is 9.97 Å². The lowest BCUT2D eigenvalue weighted by Gasteiger charge is -2.08. The summed E-state index contributed by atoms with van der Waals surface area (Å²) in [7, 11) is 0. The summed E-state index contributed by atoms with van der Waals surface area (Å²) in [5.41, 5.74) is 17.7. The second-order valence-electron chi connectivity index (χ2n) is 4.07. The molecule has 21 heavy (non-hydrogen) atoms. The van der Waals surface area contributed by atoms with Crippen LogP contribution in [0.1, 0.15) is 0 Å². The van der Waals surface area contributed by atoms with Gasteiger partial charge in [0.1, 0.15) is 11.6 Å². The maximum atomic E-state index is 11.9. The number of aromatic nitrogens is 2. The number of anilines is 4. The van der Waals surface area contributed by atoms with E-state index in [4.69, 9.17) is 28.8 Å². The number of nitrogens with one attached hydrogen (secondary N) is 1. The molecule has 0 aliphatic rings. The number of hydrogen-bond acceptors (Lipinski definition) is 7. The van der Waals surface area contributed by atoms with Gasteiger partial charge in [-0.15, -0.1) is 0 Å². The highest BCUT2D eigenvalue weighted by molar-refractivity contribution is 7.99. The fourth-order valence-corrected chi connectivity index (χ4v) is 2.34. The number of amides is 1. The van der Waals surface area contributed by atoms with Crippen LogP contribution in [-0.4, -0.2) is 21.6 Å². The van der Waals surface area contributed by atoms with Crippen LogP contribution in [-0.2, 0) is 4.79 Å². The van der Waals surface area contributed by atoms with Crippen molar-refractivity contribution in [3.05, 3.63) is 29.3 Å². The summed E-state index contributed by atoms with van der Waals surface area (Å²) < 4.78 is 0. The Hall–Kier alpha value is -2.19. The average molecular weight is 325 g/mol. The highest BCUT2D eigenvalue weighted by Gasteiger charge is 2.08. The van der Waals surface area contributed by atoms with E-state index in [1.165, 1.54) is 6.07 Å². The van der Waals surface area contributed by atoms with Crippen LogP contribution < -0.4 is 22.5 Å². The zero-order valence-corrected chi connectivity index (χ0v) is 12.4. The lowest BCUT2D eigenvalue weighted by molar-refractivity contribution is -0.113. The van der Waals surface area contributed by atoms with Gasteiger partial charge in [0.25, 0.3) is 0 Å². The maximum absolute atomic E-state index is 11.9. The van der Waals surface area contributed by atoms with Crippen LogP contribution in [0.2, 0.25) is 5.02 Å². The van der Waals surface area contributed by atoms with E-state index >= 15 is 0 Å². The zero-order chi connectivity index (χ0) is 15.4. The average Bonchev–Trinajstić information content (AvgIpc) is 2.39. The molecule has 110 valence electrons. The number of halogens is 1. The van der Waals surface area contributed by atoms with Crippen LogP contribution >= 0.6 is 23.4 Å². The number of rotatable bonds is 4. The fourth-order valence-electron chi connectivity index (χ4n) is 1.49. The number of thioether (sulfide) groups is 1. The van der Waals surface area contributed by atoms with Crippen molar-refractivity contribution in [2.75, 3.05) is 28.3 Å². The number of nitrogens with zero attached hydrogens (tertiary/aromatic N) is 2. The summed E-state index contributed by atoms with van der Waals surface area (Å²) in [6, 6.07) is 6.28. The lowest BCUT2D eigenvalue weighted by atomic mass is 10.2. The predicted molar refractivity (Wildman–Crippen MR) is 86.1 cm³/mol. The topological polar surface area (TPSA) is 133 Å². The second kappa shape index (κ2) is 6.51. The van der Waals surface area contributed by atoms with Crippen molar-refractivity contribution >= 4 is 52.3 Å². The van der Waals surface area contributed by atoms with E-state index in [9.17, 15) is 4.79 Å². The van der Waals surface area contributed by atoms with Gasteiger partial charge in [-0.2, -0.15) is 0 Å². The first-order valence-electron chi connectivity index (χ1n) is 5.82. The van der Waals surface area contributed by atoms with Crippen molar-refractivity contribution in [1.82, 2.24) is 9.97 Å². The third-order valence-corrected chi connectivity index (χ3v) is 3.45. The molecular formula is C12H13ClN6OS. The largest absolute Gasteiger partial charge is 0.397 e. The predicted octanol–water partition coefficient (Wildman–Crippen LogP) is 1.61. The fraction of sp³-hybridized carbons (Fsp3) is 0.0833. The number of nitrogen functional groups attached to an aromatic ring is 3. The number of nitrogens with two attached hydrogens (primary N) is 3. The summed E-state index contributed by atoms with van der Waals surface area (Å²) in [5.74, 6) is 0.364. The molecule has 2 aromatic rings. The smallest absolute Gasteiger partial charge is 0.234 e. The van der Waals surface area contributed by atoms with Gasteiger partial charge in [0.05, 0.1) is 17.1 Å². The molecule has 0 saturated carbocycles. The molecule has 0 aliphatic carbocycles. The molecule has 0 fully saturated rings. The molecular weight excluding hydrogens is 312 g/mol. The van der Waals surface area contributed by atoms with Crippen molar-refractivity contribution in [3.63, 3.8) is 0 Å². The Morgan fingerprint density at radius 1 is 1.19 bits per heavy atom. The van der Waals surface area contributed by atoms with Crippen LogP contribution in [0.4, 0.5) is 23.0 Å². The highest BCUT2D eigenvalue weighted by Crippen LogP contribution is 2.23. The SMILES string of the molecule is Nc1cc(N)nc(SCC(=O)Nc2ccc(Cl)cc2N)n1. The number of hydrogen-bond donors (Lipinski definition) is 4. The molecule has 1 aromatic heterocycles. The van der Waals surface area contributed by atoms with Crippen LogP contribution in [0, 0.1) is 0 Å². The van der Waals surface area contributed by atoms with Crippen LogP contribution in [0.3, 0.4) is 0 Å². The normalized spacial score (nSPS) is 10.3. The molecule has 1 aromatic carbocycles. The van der Waals surface area contributed by atoms with E-state index in [0.717, 1.165) is 11.8 Å². The van der Waals surface area contributed by atoms with Crippen molar-refractivity contribution < 1.29 is 4.79 Å². The van der Waals surface area contributed by atoms with Gasteiger partial charge < -0.3 is 22.5 Å². The maximum Gasteiger partial charge on any atom is 0.234 e. The summed E-state index contributed by atoms with van der Waals surface area (Å²) in [6.07, 6.45) is 0. The van der Waals surface area contributed by atoms with E-state index in [1.54, 1.807) is 18.2 Å². The molecule has 1 heterocycles. The van der Waals surface area contributed by atoms with Crippen molar-refractivity contribution in [3.8, 4) is 0 Å². The van der Waals surface area contributed by atoms with Crippen LogP contribution in [0.5, 0.6) is 0 Å². The van der Waals surface area contributed by atoms with Gasteiger partial charge in [0.2, 0.25) is 5.91 Å². The molecule has 2 rings (SSSR count). The molecule has 7 N–H and O–H groups in total. The monoisotopic (exact) mass is 324 g/mol. The van der Waals surface area contributed by atoms with E-state index in [-0.39, 0.29) is 23.3 Å². The standard InChI is InChI=1S/C12H13ClN6OS/c13-6-1-2-8(7(14)3-6)17-11(20)5-21-12-18-9(15)4-10(16)19-12/h1-4H,5,14H2,(H,17,20)(H4,15,16,18,19). The summed E-state index contributed by atoms with van der Waals surface area (Å²) >= 11 is 6.91. The quantitative estimate of drug-likeness (QED) is 0.381. The second-order valence-corrected chi connectivity index (χ2v) is 5.45. The first-order valence-corrected chi connectivity index (χ1v) is 7.18. The third-order valence-electron chi connectivity index (χ3n) is 2.37. The first-order chi connectivity index (χ1) is 9.94. The molecule has 7 nitrogen and oxygen atoms in total. The van der Waals surface area contributed by atoms with Gasteiger partial charge in [-0.1, -0.05) is 23.4 Å². The highest BCUT2D eigenvalue weighted by atomic mass is 35.5. The molecule has 0 radical (unpaired) electrons. The van der Waals surface area contributed by atoms with Gasteiger partial charge in [-0.3, -0.25) is 4.79 Å². The molecule has 0 spiro atoms. The summed E-state index contributed by atoms with van der Waals surface area (Å²) in [6.45, 7) is 0. The summed E-state index contributed by atoms with van der Waals surface area (Å²) in [4.78, 5) is 19.8. The Bertz CT molecular complexity index is 661. The van der Waals surface area contributed by atoms with Crippen molar-refractivity contribution in [2.24, 2.45) is 0 Å². The lowest BCUT2D eigenvalue weighted by Crippen LogP contribution is -2.15. The number of carbonyl (C=O) groups excluding carboxylic acids is 1. The minimum Gasteiger partial charge on any atom is -0.397 e. The molecule has 1 amide bonds. The molecule has 0 bridgehead atoms. The van der Waals surface area contributed by atoms with Crippen molar-refractivity contribution in [1.29, 1.82) is 0 Å². The van der Waals surface area contributed by atoms with E-state index in [0.29, 0.717) is 21.6 Å². The molecule has 9 heteroatoms. The Morgan fingerprint density at radius 2 is 1.86 bits per heavy atom. The van der Waals surface area contributed by atoms with E-state index in [2.05, 4.69) is 15.3 Å². The van der Waals surface area contributed by atoms with Gasteiger partial charge in [-0.05, 0) is 18.2 Å². The molecule has 0 aliphatic heterocycles. The zero-order valence-electron chi connectivity index (χ0n) is 10.8. The third kappa shape index (κ3) is 4.40. The minimum absolute atomic E-state index is 0.102. The van der Waals surface area contributed by atoms with Crippen LogP contribution in [0.15, 0.2) is 29.4 Å². The van der Waals surface area contributed by atoms with Gasteiger partial charge >= 0.3 is 0 Å². The number of benzene rings is 1. The van der Waals surface area contributed by atoms with Gasteiger partial charge in [0, 0.05) is 11.1 Å². The van der Waals surface area contributed by atoms with Crippen molar-refractivity contribution in [2.45, 2.75) is 5.16 Å². The molecule has 0 saturated heterocycles. The minimum atomic E-state index is -0.251. The van der Waals surface area contributed by atoms with E-state index < -0.39 is 0 Å². The molecule has 0 unspecified atom stereocenters. The first kappa shape index (κ1) is 15.2. The number of carbonyl (C=O) groups is 1. The Morgan fingerprint density at radius 3 is 2.48 bits per heavy atom.